The van der Waals surface area contributed by atoms with Crippen LogP contribution in [0.5, 0.6) is 0 Å². The van der Waals surface area contributed by atoms with Crippen LogP contribution < -0.4 is 10.9 Å². The van der Waals surface area contributed by atoms with Gasteiger partial charge in [-0.15, -0.1) is 0 Å². The number of hydrogen-bond acceptors (Lipinski definition) is 5. The maximum Gasteiger partial charge on any atom is 0.338 e. The highest BCUT2D eigenvalue weighted by molar-refractivity contribution is 6.06. The molecule has 0 unspecified atom stereocenters. The number of aryl methyl sites for hydroxylation is 1. The largest absolute Gasteiger partial charge is 0.462 e. The number of nitrogens with one attached hydrogen (secondary N) is 1. The lowest BCUT2D eigenvalue weighted by molar-refractivity contribution is 0.0526. The molecule has 1 aliphatic rings. The van der Waals surface area contributed by atoms with Crippen LogP contribution >= 0.6 is 0 Å². The van der Waals surface area contributed by atoms with Gasteiger partial charge in [-0.2, -0.15) is 0 Å². The molecule has 7 heteroatoms. The third-order valence-electron chi connectivity index (χ3n) is 4.98. The molecule has 0 spiro atoms. The van der Waals surface area contributed by atoms with Gasteiger partial charge in [0, 0.05) is 24.2 Å². The molecule has 7 nitrogen and oxygen atoms in total. The van der Waals surface area contributed by atoms with Crippen molar-refractivity contribution < 1.29 is 14.3 Å². The van der Waals surface area contributed by atoms with Gasteiger partial charge in [0.2, 0.25) is 0 Å². The van der Waals surface area contributed by atoms with Crippen LogP contribution in [-0.4, -0.2) is 28.0 Å². The van der Waals surface area contributed by atoms with Crippen LogP contribution in [0.3, 0.4) is 0 Å². The summed E-state index contributed by atoms with van der Waals surface area (Å²) in [5.74, 6) is 0.0665. The first-order chi connectivity index (χ1) is 14.1. The highest BCUT2D eigenvalue weighted by atomic mass is 16.5. The molecule has 148 valence electrons. The number of rotatable bonds is 4. The van der Waals surface area contributed by atoms with Crippen LogP contribution in [-0.2, 0) is 17.7 Å². The molecule has 0 bridgehead atoms. The fourth-order valence-electron chi connectivity index (χ4n) is 3.49. The van der Waals surface area contributed by atoms with Gasteiger partial charge in [0.1, 0.15) is 5.82 Å². The summed E-state index contributed by atoms with van der Waals surface area (Å²) in [6.45, 7) is 2.75. The zero-order valence-electron chi connectivity index (χ0n) is 16.1. The molecule has 1 N–H and O–H groups in total. The number of amides is 1. The molecule has 0 saturated carbocycles. The molecule has 0 fully saturated rings. The SMILES string of the molecule is CCOC(=O)c1ccc(NC(=O)c2ccc3c(=O)n4c(nc3c2)CCCC4)cc1. The van der Waals surface area contributed by atoms with E-state index in [9.17, 15) is 14.4 Å². The van der Waals surface area contributed by atoms with Crippen molar-refractivity contribution in [3.05, 3.63) is 69.8 Å². The molecular formula is C22H21N3O4. The standard InChI is InChI=1S/C22H21N3O4/c1-2-29-22(28)14-6-9-16(10-7-14)23-20(26)15-8-11-17-18(13-15)24-19-5-3-4-12-25(19)21(17)27/h6-11,13H,2-5,12H2,1H3,(H,23,26). The molecule has 1 amide bonds. The first-order valence-corrected chi connectivity index (χ1v) is 9.69. The summed E-state index contributed by atoms with van der Waals surface area (Å²) < 4.78 is 6.68. The van der Waals surface area contributed by atoms with Gasteiger partial charge >= 0.3 is 5.97 Å². The van der Waals surface area contributed by atoms with E-state index < -0.39 is 5.97 Å². The number of carbonyl (C=O) groups excluding carboxylic acids is 2. The Balaban J connectivity index is 1.57. The van der Waals surface area contributed by atoms with E-state index in [1.165, 1.54) is 0 Å². The lowest BCUT2D eigenvalue weighted by Gasteiger charge is -2.17. The lowest BCUT2D eigenvalue weighted by atomic mass is 10.1. The van der Waals surface area contributed by atoms with Gasteiger partial charge in [-0.25, -0.2) is 9.78 Å². The highest BCUT2D eigenvalue weighted by Gasteiger charge is 2.16. The van der Waals surface area contributed by atoms with Crippen LogP contribution in [0.15, 0.2) is 47.3 Å². The molecule has 2 heterocycles. The van der Waals surface area contributed by atoms with E-state index in [4.69, 9.17) is 4.74 Å². The Bertz CT molecular complexity index is 1150. The summed E-state index contributed by atoms with van der Waals surface area (Å²) in [5.41, 5.74) is 1.88. The van der Waals surface area contributed by atoms with E-state index in [0.717, 1.165) is 25.1 Å². The van der Waals surface area contributed by atoms with Crippen molar-refractivity contribution >= 4 is 28.5 Å². The molecule has 0 aliphatic carbocycles. The minimum atomic E-state index is -0.402. The Kier molecular flexibility index (Phi) is 5.12. The summed E-state index contributed by atoms with van der Waals surface area (Å²) in [7, 11) is 0. The fourth-order valence-corrected chi connectivity index (χ4v) is 3.49. The molecule has 0 radical (unpaired) electrons. The molecule has 0 saturated heterocycles. The van der Waals surface area contributed by atoms with Crippen molar-refractivity contribution in [2.24, 2.45) is 0 Å². The Hall–Kier alpha value is -3.48. The van der Waals surface area contributed by atoms with Gasteiger partial charge in [-0.05, 0) is 62.2 Å². The first-order valence-electron chi connectivity index (χ1n) is 9.69. The average Bonchev–Trinajstić information content (AvgIpc) is 2.74. The van der Waals surface area contributed by atoms with Crippen LogP contribution in [0, 0.1) is 0 Å². The third-order valence-corrected chi connectivity index (χ3v) is 4.98. The second kappa shape index (κ2) is 7.87. The number of benzene rings is 2. The molecule has 4 rings (SSSR count). The van der Waals surface area contributed by atoms with Crippen LogP contribution in [0.25, 0.3) is 10.9 Å². The number of aromatic nitrogens is 2. The number of anilines is 1. The smallest absolute Gasteiger partial charge is 0.338 e. The minimum Gasteiger partial charge on any atom is -0.462 e. The zero-order valence-corrected chi connectivity index (χ0v) is 16.1. The molecule has 0 atom stereocenters. The number of hydrogen-bond donors (Lipinski definition) is 1. The number of esters is 1. The number of carbonyl (C=O) groups is 2. The topological polar surface area (TPSA) is 90.3 Å². The van der Waals surface area contributed by atoms with Gasteiger partial charge in [-0.3, -0.25) is 14.2 Å². The Morgan fingerprint density at radius 1 is 1.10 bits per heavy atom. The summed E-state index contributed by atoms with van der Waals surface area (Å²) >= 11 is 0. The predicted octanol–water partition coefficient (Wildman–Crippen LogP) is 3.16. The molecule has 3 aromatic rings. The quantitative estimate of drug-likeness (QED) is 0.690. The minimum absolute atomic E-state index is 0.0498. The first kappa shape index (κ1) is 18.9. The van der Waals surface area contributed by atoms with Gasteiger partial charge < -0.3 is 10.1 Å². The van der Waals surface area contributed by atoms with E-state index in [2.05, 4.69) is 10.3 Å². The number of fused-ring (bicyclic) bond motifs is 2. The molecule has 29 heavy (non-hydrogen) atoms. The maximum atomic E-state index is 12.7. The van der Waals surface area contributed by atoms with Crippen molar-refractivity contribution in [2.45, 2.75) is 32.7 Å². The molecule has 1 aromatic heterocycles. The van der Waals surface area contributed by atoms with E-state index in [1.54, 1.807) is 54.0 Å². The molecule has 2 aromatic carbocycles. The monoisotopic (exact) mass is 391 g/mol. The van der Waals surface area contributed by atoms with Crippen molar-refractivity contribution in [1.82, 2.24) is 9.55 Å². The summed E-state index contributed by atoms with van der Waals surface area (Å²) in [5, 5.41) is 3.32. The summed E-state index contributed by atoms with van der Waals surface area (Å²) in [4.78, 5) is 41.6. The van der Waals surface area contributed by atoms with E-state index in [-0.39, 0.29) is 11.5 Å². The zero-order chi connectivity index (χ0) is 20.4. The maximum absolute atomic E-state index is 12.7. The van der Waals surface area contributed by atoms with Gasteiger partial charge in [0.25, 0.3) is 11.5 Å². The third kappa shape index (κ3) is 3.76. The van der Waals surface area contributed by atoms with Crippen LogP contribution in [0.1, 0.15) is 46.3 Å². The molecule has 1 aliphatic heterocycles. The lowest BCUT2D eigenvalue weighted by Crippen LogP contribution is -2.28. The van der Waals surface area contributed by atoms with Gasteiger partial charge in [-0.1, -0.05) is 0 Å². The van der Waals surface area contributed by atoms with Gasteiger partial charge in [0.05, 0.1) is 23.1 Å². The van der Waals surface area contributed by atoms with Crippen molar-refractivity contribution in [1.29, 1.82) is 0 Å². The second-order valence-corrected chi connectivity index (χ2v) is 6.93. The van der Waals surface area contributed by atoms with Crippen molar-refractivity contribution in [3.8, 4) is 0 Å². The fraction of sp³-hybridized carbons (Fsp3) is 0.273. The number of nitrogens with zero attached hydrogens (tertiary/aromatic N) is 2. The Morgan fingerprint density at radius 3 is 2.62 bits per heavy atom. The van der Waals surface area contributed by atoms with E-state index in [0.29, 0.717) is 40.9 Å². The normalized spacial score (nSPS) is 13.0. The highest BCUT2D eigenvalue weighted by Crippen LogP contribution is 2.18. The summed E-state index contributed by atoms with van der Waals surface area (Å²) in [6.07, 6.45) is 2.77. The molecular weight excluding hydrogens is 370 g/mol. The second-order valence-electron chi connectivity index (χ2n) is 6.93. The van der Waals surface area contributed by atoms with Crippen molar-refractivity contribution in [2.75, 3.05) is 11.9 Å². The summed E-state index contributed by atoms with van der Waals surface area (Å²) in [6, 6.07) is 11.4. The van der Waals surface area contributed by atoms with E-state index >= 15 is 0 Å². The Labute approximate surface area is 167 Å². The average molecular weight is 391 g/mol. The van der Waals surface area contributed by atoms with Crippen molar-refractivity contribution in [3.63, 3.8) is 0 Å². The number of ether oxygens (including phenoxy) is 1. The Morgan fingerprint density at radius 2 is 1.86 bits per heavy atom. The van der Waals surface area contributed by atoms with E-state index in [1.807, 2.05) is 0 Å². The van der Waals surface area contributed by atoms with Gasteiger partial charge in [0.15, 0.2) is 0 Å². The van der Waals surface area contributed by atoms with Crippen LogP contribution in [0.4, 0.5) is 5.69 Å². The predicted molar refractivity (Wildman–Crippen MR) is 109 cm³/mol. The van der Waals surface area contributed by atoms with Crippen LogP contribution in [0.2, 0.25) is 0 Å².